The molecule has 0 N–H and O–H groups in total. The molecule has 2 aliphatic heterocycles. The summed E-state index contributed by atoms with van der Waals surface area (Å²) in [6.45, 7) is 17.7. The molecule has 2 rings (SSSR count). The third-order valence-corrected chi connectivity index (χ3v) is 7.87. The van der Waals surface area contributed by atoms with Crippen LogP contribution in [0.15, 0.2) is 0 Å². The molecule has 2 fully saturated rings. The first-order chi connectivity index (χ1) is 12.0. The summed E-state index contributed by atoms with van der Waals surface area (Å²) in [5, 5.41) is 0. The predicted molar refractivity (Wildman–Crippen MR) is 112 cm³/mol. The fourth-order valence-electron chi connectivity index (χ4n) is 5.66. The van der Waals surface area contributed by atoms with E-state index in [1.165, 1.54) is 0 Å². The highest BCUT2D eigenvalue weighted by atomic mass is 16.1. The lowest BCUT2D eigenvalue weighted by atomic mass is 9.69. The monoisotopic (exact) mass is 378 g/mol. The summed E-state index contributed by atoms with van der Waals surface area (Å²) in [6, 6.07) is 0. The van der Waals surface area contributed by atoms with Gasteiger partial charge in [0, 0.05) is 34.0 Å². The van der Waals surface area contributed by atoms with Gasteiger partial charge in [-0.2, -0.15) is 0 Å². The number of ketones is 2. The van der Waals surface area contributed by atoms with Crippen LogP contribution in [-0.2, 0) is 9.59 Å². The van der Waals surface area contributed by atoms with Crippen molar-refractivity contribution < 1.29 is 9.59 Å². The third-order valence-electron chi connectivity index (χ3n) is 7.87. The largest absolute Gasteiger partial charge is 0.299 e. The highest BCUT2D eigenvalue weighted by Crippen LogP contribution is 2.43. The van der Waals surface area contributed by atoms with Crippen LogP contribution in [-0.4, -0.2) is 57.6 Å². The molecule has 0 amide bonds. The molecule has 0 aliphatic carbocycles. The van der Waals surface area contributed by atoms with Gasteiger partial charge < -0.3 is 0 Å². The zero-order valence-electron chi connectivity index (χ0n) is 19.4. The molecule has 2 aliphatic rings. The van der Waals surface area contributed by atoms with Gasteiger partial charge in [-0.3, -0.25) is 19.4 Å². The molecule has 0 bridgehead atoms. The first-order valence-corrected chi connectivity index (χ1v) is 10.5. The summed E-state index contributed by atoms with van der Waals surface area (Å²) in [6.07, 6.45) is 3.46. The molecule has 0 spiro atoms. The van der Waals surface area contributed by atoms with Crippen molar-refractivity contribution in [2.45, 2.75) is 110 Å². The maximum Gasteiger partial charge on any atom is 0.143 e. The predicted octanol–water partition coefficient (Wildman–Crippen LogP) is 4.31. The van der Waals surface area contributed by atoms with Gasteiger partial charge in [0.1, 0.15) is 11.6 Å². The molecule has 156 valence electrons. The van der Waals surface area contributed by atoms with Gasteiger partial charge in [-0.05, 0) is 95.2 Å². The van der Waals surface area contributed by atoms with E-state index in [1.54, 1.807) is 0 Å². The summed E-state index contributed by atoms with van der Waals surface area (Å²) in [7, 11) is 4.29. The van der Waals surface area contributed by atoms with Crippen LogP contribution in [0.3, 0.4) is 0 Å². The van der Waals surface area contributed by atoms with E-state index in [9.17, 15) is 9.59 Å². The van der Waals surface area contributed by atoms with Crippen molar-refractivity contribution in [1.29, 1.82) is 0 Å². The minimum atomic E-state index is -0.0251. The highest BCUT2D eigenvalue weighted by Gasteiger charge is 2.47. The van der Waals surface area contributed by atoms with Gasteiger partial charge in [0.05, 0.1) is 6.42 Å². The molecule has 0 unspecified atom stereocenters. The van der Waals surface area contributed by atoms with Crippen molar-refractivity contribution in [1.82, 2.24) is 9.80 Å². The molecule has 0 radical (unpaired) electrons. The van der Waals surface area contributed by atoms with Gasteiger partial charge in [0.25, 0.3) is 0 Å². The smallest absolute Gasteiger partial charge is 0.143 e. The van der Waals surface area contributed by atoms with Crippen molar-refractivity contribution in [2.24, 2.45) is 11.8 Å². The first-order valence-electron chi connectivity index (χ1n) is 10.5. The Bertz CT molecular complexity index is 515. The van der Waals surface area contributed by atoms with E-state index >= 15 is 0 Å². The summed E-state index contributed by atoms with van der Waals surface area (Å²) in [5.41, 5.74) is -0.101. The Morgan fingerprint density at radius 2 is 0.852 bits per heavy atom. The van der Waals surface area contributed by atoms with E-state index in [2.05, 4.69) is 79.3 Å². The lowest BCUT2D eigenvalue weighted by molar-refractivity contribution is -0.138. The Morgan fingerprint density at radius 3 is 1.07 bits per heavy atom. The SMILES string of the molecule is CN1C(C)(C)CC(C(=O)CC(=O)C2CC(C)(C)N(C)C(C)(C)C2)CC1(C)C. The average Bonchev–Trinajstić information content (AvgIpc) is 2.48. The van der Waals surface area contributed by atoms with Gasteiger partial charge in [-0.25, -0.2) is 0 Å². The number of carbonyl (C=O) groups excluding carboxylic acids is 2. The third kappa shape index (κ3) is 4.48. The summed E-state index contributed by atoms with van der Waals surface area (Å²) in [4.78, 5) is 30.9. The van der Waals surface area contributed by atoms with Crippen molar-refractivity contribution >= 4 is 11.6 Å². The summed E-state index contributed by atoms with van der Waals surface area (Å²) >= 11 is 0. The zero-order chi connectivity index (χ0) is 21.0. The van der Waals surface area contributed by atoms with Crippen LogP contribution >= 0.6 is 0 Å². The minimum Gasteiger partial charge on any atom is -0.299 e. The average molecular weight is 379 g/mol. The standard InChI is InChI=1S/C23H42N2O2/c1-20(2)12-16(13-21(3,4)24(20)9)18(26)11-19(27)17-14-22(5,6)25(10)23(7,8)15-17/h16-17H,11-15H2,1-10H3. The van der Waals surface area contributed by atoms with E-state index in [0.29, 0.717) is 0 Å². The van der Waals surface area contributed by atoms with Crippen LogP contribution in [0.25, 0.3) is 0 Å². The molecule has 0 saturated carbocycles. The molecular formula is C23H42N2O2. The van der Waals surface area contributed by atoms with E-state index < -0.39 is 0 Å². The second kappa shape index (κ2) is 6.95. The van der Waals surface area contributed by atoms with Crippen LogP contribution in [0.5, 0.6) is 0 Å². The lowest BCUT2D eigenvalue weighted by Gasteiger charge is -2.54. The van der Waals surface area contributed by atoms with E-state index in [0.717, 1.165) is 25.7 Å². The maximum atomic E-state index is 13.1. The van der Waals surface area contributed by atoms with Crippen LogP contribution < -0.4 is 0 Å². The minimum absolute atomic E-state index is 0.0116. The number of hydrogen-bond donors (Lipinski definition) is 0. The Labute approximate surface area is 167 Å². The molecule has 0 aromatic rings. The quantitative estimate of drug-likeness (QED) is 0.684. The van der Waals surface area contributed by atoms with Crippen LogP contribution in [0.4, 0.5) is 0 Å². The topological polar surface area (TPSA) is 40.6 Å². The number of carbonyl (C=O) groups is 2. The molecule has 2 saturated heterocycles. The Hall–Kier alpha value is -0.740. The molecule has 4 nitrogen and oxygen atoms in total. The van der Waals surface area contributed by atoms with Crippen molar-refractivity contribution in [3.8, 4) is 0 Å². The summed E-state index contributed by atoms with van der Waals surface area (Å²) in [5.74, 6) is 0.289. The lowest BCUT2D eigenvalue weighted by Crippen LogP contribution is -2.60. The van der Waals surface area contributed by atoms with Crippen LogP contribution in [0, 0.1) is 11.8 Å². The highest BCUT2D eigenvalue weighted by molar-refractivity contribution is 6.01. The molecule has 27 heavy (non-hydrogen) atoms. The van der Waals surface area contributed by atoms with E-state index in [-0.39, 0.29) is 52.0 Å². The summed E-state index contributed by atoms with van der Waals surface area (Å²) < 4.78 is 0. The molecule has 2 heterocycles. The number of hydrogen-bond acceptors (Lipinski definition) is 4. The number of nitrogens with zero attached hydrogens (tertiary/aromatic N) is 2. The Kier molecular flexibility index (Phi) is 5.80. The van der Waals surface area contributed by atoms with Crippen molar-refractivity contribution in [3.63, 3.8) is 0 Å². The van der Waals surface area contributed by atoms with Gasteiger partial charge in [0.2, 0.25) is 0 Å². The van der Waals surface area contributed by atoms with Crippen molar-refractivity contribution in [2.75, 3.05) is 14.1 Å². The normalized spacial score (nSPS) is 28.8. The van der Waals surface area contributed by atoms with Gasteiger partial charge >= 0.3 is 0 Å². The zero-order valence-corrected chi connectivity index (χ0v) is 19.4. The Balaban J connectivity index is 2.09. The number of likely N-dealkylation sites (tertiary alicyclic amines) is 2. The molecule has 0 aromatic carbocycles. The van der Waals surface area contributed by atoms with E-state index in [1.807, 2.05) is 0 Å². The van der Waals surface area contributed by atoms with Crippen LogP contribution in [0.1, 0.15) is 87.5 Å². The maximum absolute atomic E-state index is 13.1. The fourth-order valence-corrected chi connectivity index (χ4v) is 5.66. The van der Waals surface area contributed by atoms with E-state index in [4.69, 9.17) is 0 Å². The molecular weight excluding hydrogens is 336 g/mol. The molecule has 0 atom stereocenters. The molecule has 4 heteroatoms. The fraction of sp³-hybridized carbons (Fsp3) is 0.913. The number of piperidine rings is 2. The number of Topliss-reactive ketones (excluding diaryl/α,β-unsaturated/α-hetero) is 2. The second-order valence-electron chi connectivity index (χ2n) is 11.7. The number of rotatable bonds is 4. The van der Waals surface area contributed by atoms with Crippen LogP contribution in [0.2, 0.25) is 0 Å². The molecule has 0 aromatic heterocycles. The van der Waals surface area contributed by atoms with Gasteiger partial charge in [-0.1, -0.05) is 0 Å². The van der Waals surface area contributed by atoms with Gasteiger partial charge in [-0.15, -0.1) is 0 Å². The van der Waals surface area contributed by atoms with Crippen molar-refractivity contribution in [3.05, 3.63) is 0 Å². The second-order valence-corrected chi connectivity index (χ2v) is 11.7. The van der Waals surface area contributed by atoms with Gasteiger partial charge in [0.15, 0.2) is 0 Å². The Morgan fingerprint density at radius 1 is 0.630 bits per heavy atom. The first kappa shape index (κ1) is 22.5.